The first-order valence-electron chi connectivity index (χ1n) is 4.25. The largest absolute Gasteiger partial charge is 0.483 e. The fourth-order valence-electron chi connectivity index (χ4n) is 1.04. The Balaban J connectivity index is 2.90. The average molecular weight is 209 g/mol. The van der Waals surface area contributed by atoms with Gasteiger partial charge in [-0.2, -0.15) is 0 Å². The number of nitrogens with two attached hydrogens (primary N) is 1. The minimum atomic E-state index is -1.04. The number of ether oxygens (including phenoxy) is 1. The molecular weight excluding hydrogens is 198 g/mol. The predicted molar refractivity (Wildman–Crippen MR) is 52.8 cm³/mol. The lowest BCUT2D eigenvalue weighted by Gasteiger charge is -2.07. The highest BCUT2D eigenvalue weighted by molar-refractivity contribution is 5.88. The lowest BCUT2D eigenvalue weighted by molar-refractivity contribution is -0.119. The number of aryl methyl sites for hydroxylation is 1. The zero-order chi connectivity index (χ0) is 11.4. The maximum Gasteiger partial charge on any atom is 0.335 e. The maximum atomic E-state index is 10.7. The molecule has 15 heavy (non-hydrogen) atoms. The number of primary amides is 1. The van der Waals surface area contributed by atoms with Crippen molar-refractivity contribution in [2.75, 3.05) is 6.61 Å². The molecule has 0 aliphatic rings. The van der Waals surface area contributed by atoms with Crippen molar-refractivity contribution in [2.24, 2.45) is 5.73 Å². The van der Waals surface area contributed by atoms with Gasteiger partial charge in [0.1, 0.15) is 5.75 Å². The number of benzene rings is 1. The summed E-state index contributed by atoms with van der Waals surface area (Å²) in [5.41, 5.74) is 5.77. The number of amides is 1. The van der Waals surface area contributed by atoms with Gasteiger partial charge in [0.05, 0.1) is 5.56 Å². The summed E-state index contributed by atoms with van der Waals surface area (Å²) in [4.78, 5) is 21.1. The lowest BCUT2D eigenvalue weighted by atomic mass is 10.1. The van der Waals surface area contributed by atoms with Gasteiger partial charge >= 0.3 is 5.97 Å². The van der Waals surface area contributed by atoms with E-state index in [2.05, 4.69) is 0 Å². The van der Waals surface area contributed by atoms with Gasteiger partial charge in [0.25, 0.3) is 5.91 Å². The first-order chi connectivity index (χ1) is 7.00. The Labute approximate surface area is 86.5 Å². The molecule has 0 aliphatic heterocycles. The van der Waals surface area contributed by atoms with Gasteiger partial charge in [-0.3, -0.25) is 4.79 Å². The molecule has 80 valence electrons. The van der Waals surface area contributed by atoms with E-state index in [0.717, 1.165) is 5.56 Å². The monoisotopic (exact) mass is 209 g/mol. The first kappa shape index (κ1) is 11.0. The van der Waals surface area contributed by atoms with Crippen LogP contribution in [-0.2, 0) is 4.79 Å². The Morgan fingerprint density at radius 2 is 2.13 bits per heavy atom. The van der Waals surface area contributed by atoms with Crippen molar-refractivity contribution in [3.05, 3.63) is 29.3 Å². The highest BCUT2D eigenvalue weighted by Gasteiger charge is 2.07. The van der Waals surface area contributed by atoms with Crippen molar-refractivity contribution in [2.45, 2.75) is 6.92 Å². The summed E-state index contributed by atoms with van der Waals surface area (Å²) in [6.45, 7) is 1.49. The first-order valence-corrected chi connectivity index (χ1v) is 4.25. The second-order valence-electron chi connectivity index (χ2n) is 3.04. The van der Waals surface area contributed by atoms with Crippen molar-refractivity contribution in [3.8, 4) is 5.75 Å². The highest BCUT2D eigenvalue weighted by Crippen LogP contribution is 2.19. The summed E-state index contributed by atoms with van der Waals surface area (Å²) in [5.74, 6) is -1.29. The van der Waals surface area contributed by atoms with Gasteiger partial charge in [-0.1, -0.05) is 6.07 Å². The minimum absolute atomic E-state index is 0.111. The number of carboxylic acid groups (broad SMARTS) is 1. The van der Waals surface area contributed by atoms with E-state index in [1.54, 1.807) is 13.0 Å². The van der Waals surface area contributed by atoms with E-state index in [1.165, 1.54) is 12.1 Å². The van der Waals surface area contributed by atoms with Gasteiger partial charge in [-0.05, 0) is 24.6 Å². The van der Waals surface area contributed by atoms with Crippen LogP contribution in [0.2, 0.25) is 0 Å². The molecule has 5 heteroatoms. The predicted octanol–water partition coefficient (Wildman–Crippen LogP) is 0.557. The third-order valence-electron chi connectivity index (χ3n) is 1.81. The number of hydrogen-bond donors (Lipinski definition) is 2. The van der Waals surface area contributed by atoms with E-state index in [0.29, 0.717) is 5.75 Å². The number of carbonyl (C=O) groups excluding carboxylic acids is 1. The van der Waals surface area contributed by atoms with E-state index in [1.807, 2.05) is 0 Å². The van der Waals surface area contributed by atoms with Gasteiger partial charge in [-0.25, -0.2) is 4.79 Å². The second kappa shape index (κ2) is 4.45. The molecule has 0 heterocycles. The molecule has 0 saturated carbocycles. The second-order valence-corrected chi connectivity index (χ2v) is 3.04. The molecule has 0 spiro atoms. The lowest BCUT2D eigenvalue weighted by Crippen LogP contribution is -2.20. The molecule has 0 unspecified atom stereocenters. The van der Waals surface area contributed by atoms with E-state index in [9.17, 15) is 9.59 Å². The molecule has 0 fully saturated rings. The Bertz CT molecular complexity index is 400. The number of carboxylic acids is 1. The zero-order valence-corrected chi connectivity index (χ0v) is 8.19. The topological polar surface area (TPSA) is 89.6 Å². The Kier molecular flexibility index (Phi) is 3.28. The maximum absolute atomic E-state index is 10.7. The van der Waals surface area contributed by atoms with E-state index in [4.69, 9.17) is 15.6 Å². The van der Waals surface area contributed by atoms with Crippen LogP contribution in [0, 0.1) is 6.92 Å². The van der Waals surface area contributed by atoms with Crippen molar-refractivity contribution in [1.82, 2.24) is 0 Å². The van der Waals surface area contributed by atoms with Crippen LogP contribution in [-0.4, -0.2) is 23.6 Å². The molecule has 5 nitrogen and oxygen atoms in total. The molecule has 3 N–H and O–H groups in total. The van der Waals surface area contributed by atoms with Crippen LogP contribution in [0.15, 0.2) is 18.2 Å². The van der Waals surface area contributed by atoms with Crippen LogP contribution >= 0.6 is 0 Å². The van der Waals surface area contributed by atoms with Gasteiger partial charge in [0.2, 0.25) is 0 Å². The normalized spacial score (nSPS) is 9.67. The smallest absolute Gasteiger partial charge is 0.335 e. The number of rotatable bonds is 4. The molecule has 1 amide bonds. The number of aromatic carboxylic acids is 1. The number of hydrogen-bond acceptors (Lipinski definition) is 3. The molecule has 0 atom stereocenters. The number of carbonyl (C=O) groups is 2. The molecule has 0 aliphatic carbocycles. The summed E-state index contributed by atoms with van der Waals surface area (Å²) in [7, 11) is 0. The third-order valence-corrected chi connectivity index (χ3v) is 1.81. The molecule has 0 radical (unpaired) electrons. The van der Waals surface area contributed by atoms with Crippen LogP contribution in [0.25, 0.3) is 0 Å². The van der Waals surface area contributed by atoms with E-state index >= 15 is 0 Å². The van der Waals surface area contributed by atoms with E-state index in [-0.39, 0.29) is 12.2 Å². The Morgan fingerprint density at radius 1 is 1.47 bits per heavy atom. The molecule has 0 bridgehead atoms. The van der Waals surface area contributed by atoms with Crippen molar-refractivity contribution >= 4 is 11.9 Å². The molecule has 0 saturated heterocycles. The quantitative estimate of drug-likeness (QED) is 0.758. The van der Waals surface area contributed by atoms with Crippen LogP contribution in [0.4, 0.5) is 0 Å². The average Bonchev–Trinajstić information content (AvgIpc) is 2.16. The standard InChI is InChI=1S/C10H11NO4/c1-6-2-3-7(10(13)14)4-8(6)15-5-9(11)12/h2-4H,5H2,1H3,(H2,11,12)(H,13,14). The zero-order valence-electron chi connectivity index (χ0n) is 8.19. The van der Waals surface area contributed by atoms with Crippen molar-refractivity contribution < 1.29 is 19.4 Å². The summed E-state index contributed by atoms with van der Waals surface area (Å²) in [6.07, 6.45) is 0. The summed E-state index contributed by atoms with van der Waals surface area (Å²) in [6, 6.07) is 4.44. The van der Waals surface area contributed by atoms with Gasteiger partial charge in [0, 0.05) is 0 Å². The molecule has 0 aromatic heterocycles. The molecule has 1 aromatic carbocycles. The third kappa shape index (κ3) is 2.98. The summed E-state index contributed by atoms with van der Waals surface area (Å²) in [5, 5.41) is 8.73. The Hall–Kier alpha value is -2.04. The Morgan fingerprint density at radius 3 is 2.67 bits per heavy atom. The molecule has 1 rings (SSSR count). The summed E-state index contributed by atoms with van der Waals surface area (Å²) >= 11 is 0. The minimum Gasteiger partial charge on any atom is -0.483 e. The van der Waals surface area contributed by atoms with Crippen molar-refractivity contribution in [3.63, 3.8) is 0 Å². The SMILES string of the molecule is Cc1ccc(C(=O)O)cc1OCC(N)=O. The van der Waals surface area contributed by atoms with Gasteiger partial charge in [0.15, 0.2) is 6.61 Å². The highest BCUT2D eigenvalue weighted by atomic mass is 16.5. The van der Waals surface area contributed by atoms with Crippen LogP contribution in [0.5, 0.6) is 5.75 Å². The van der Waals surface area contributed by atoms with E-state index < -0.39 is 11.9 Å². The van der Waals surface area contributed by atoms with Crippen LogP contribution < -0.4 is 10.5 Å². The molecule has 1 aromatic rings. The fourth-order valence-corrected chi connectivity index (χ4v) is 1.04. The summed E-state index contributed by atoms with van der Waals surface area (Å²) < 4.78 is 5.05. The van der Waals surface area contributed by atoms with Crippen LogP contribution in [0.1, 0.15) is 15.9 Å². The van der Waals surface area contributed by atoms with Crippen molar-refractivity contribution in [1.29, 1.82) is 0 Å². The fraction of sp³-hybridized carbons (Fsp3) is 0.200. The van der Waals surface area contributed by atoms with Gasteiger partial charge in [-0.15, -0.1) is 0 Å². The van der Waals surface area contributed by atoms with Gasteiger partial charge < -0.3 is 15.6 Å². The van der Waals surface area contributed by atoms with Crippen LogP contribution in [0.3, 0.4) is 0 Å². The molecular formula is C10H11NO4.